The third-order valence-corrected chi connectivity index (χ3v) is 7.26. The molecule has 3 fully saturated rings. The van der Waals surface area contributed by atoms with E-state index in [-0.39, 0.29) is 11.4 Å². The molecule has 2 saturated heterocycles. The highest BCUT2D eigenvalue weighted by molar-refractivity contribution is 7.11. The number of rotatable bonds is 3. The van der Waals surface area contributed by atoms with E-state index < -0.39 is 6.10 Å². The van der Waals surface area contributed by atoms with E-state index in [1.54, 1.807) is 0 Å². The van der Waals surface area contributed by atoms with Crippen LogP contribution in [0.25, 0.3) is 0 Å². The maximum Gasteiger partial charge on any atom is 0.254 e. The number of aryl methyl sites for hydroxylation is 1. The minimum absolute atomic E-state index is 0.00997. The lowest BCUT2D eigenvalue weighted by molar-refractivity contribution is -0.201. The average molecular weight is 349 g/mol. The highest BCUT2D eigenvalue weighted by Crippen LogP contribution is 2.46. The number of aliphatic hydroxyl groups is 1. The second-order valence-corrected chi connectivity index (χ2v) is 9.17. The maximum atomic E-state index is 12.4. The normalized spacial score (nSPS) is 28.3. The summed E-state index contributed by atoms with van der Waals surface area (Å²) in [6, 6.07) is 4.76. The zero-order valence-electron chi connectivity index (χ0n) is 14.5. The molecule has 1 aliphatic carbocycles. The Morgan fingerprint density at radius 1 is 1.21 bits per heavy atom. The summed E-state index contributed by atoms with van der Waals surface area (Å²) in [7, 11) is 0. The van der Waals surface area contributed by atoms with Gasteiger partial charge in [-0.05, 0) is 44.7 Å². The predicted octanol–water partition coefficient (Wildman–Crippen LogP) is 2.93. The largest absolute Gasteiger partial charge is 0.381 e. The molecule has 3 aliphatic rings. The molecule has 1 aromatic heterocycles. The van der Waals surface area contributed by atoms with Crippen LogP contribution in [-0.4, -0.2) is 51.6 Å². The highest BCUT2D eigenvalue weighted by Gasteiger charge is 2.61. The number of aliphatic hydroxyl groups excluding tert-OH is 1. The van der Waals surface area contributed by atoms with Crippen LogP contribution < -0.4 is 0 Å². The number of likely N-dealkylation sites (tertiary alicyclic amines) is 2. The number of carbonyl (C=O) groups excluding carboxylic acids is 1. The first-order chi connectivity index (χ1) is 11.6. The lowest BCUT2D eigenvalue weighted by Crippen LogP contribution is -2.77. The van der Waals surface area contributed by atoms with Crippen molar-refractivity contribution in [1.29, 1.82) is 0 Å². The van der Waals surface area contributed by atoms with Crippen molar-refractivity contribution in [2.45, 2.75) is 76.1 Å². The number of hydrogen-bond donors (Lipinski definition) is 1. The summed E-state index contributed by atoms with van der Waals surface area (Å²) in [5, 5.41) is 10.3. The molecule has 1 atom stereocenters. The number of carbonyl (C=O) groups is 1. The van der Waals surface area contributed by atoms with Crippen molar-refractivity contribution in [1.82, 2.24) is 9.80 Å². The van der Waals surface area contributed by atoms with Gasteiger partial charge in [0.25, 0.3) is 5.91 Å². The molecule has 4 rings (SSSR count). The van der Waals surface area contributed by atoms with Gasteiger partial charge in [0.05, 0.1) is 5.54 Å². The van der Waals surface area contributed by atoms with Gasteiger partial charge in [0, 0.05) is 35.4 Å². The Hall–Kier alpha value is -0.910. The van der Waals surface area contributed by atoms with Crippen LogP contribution in [0.2, 0.25) is 0 Å². The number of piperidine rings is 1. The van der Waals surface area contributed by atoms with E-state index >= 15 is 0 Å². The van der Waals surface area contributed by atoms with Crippen molar-refractivity contribution in [3.05, 3.63) is 21.9 Å². The van der Waals surface area contributed by atoms with Crippen molar-refractivity contribution in [3.8, 4) is 0 Å². The summed E-state index contributed by atoms with van der Waals surface area (Å²) in [6.07, 6.45) is 6.90. The Labute approximate surface area is 148 Å². The minimum atomic E-state index is -0.732. The third-order valence-electron chi connectivity index (χ3n) is 6.28. The molecular formula is C19H28N2O2S. The van der Waals surface area contributed by atoms with Crippen LogP contribution >= 0.6 is 11.3 Å². The summed E-state index contributed by atoms with van der Waals surface area (Å²) in [6.45, 7) is 5.30. The molecule has 0 bridgehead atoms. The molecule has 24 heavy (non-hydrogen) atoms. The molecule has 1 unspecified atom stereocenters. The number of nitrogens with zero attached hydrogens (tertiary/aromatic N) is 2. The van der Waals surface area contributed by atoms with Gasteiger partial charge in [-0.25, -0.2) is 0 Å². The number of amides is 1. The quantitative estimate of drug-likeness (QED) is 0.854. The van der Waals surface area contributed by atoms with E-state index in [2.05, 4.69) is 28.9 Å². The molecule has 132 valence electrons. The molecule has 1 saturated carbocycles. The van der Waals surface area contributed by atoms with Gasteiger partial charge in [-0.2, -0.15) is 0 Å². The number of β-lactam (4-membered cyclic amide) rings is 1. The fourth-order valence-electron chi connectivity index (χ4n) is 4.99. The molecule has 1 amide bonds. The number of thiophene rings is 1. The van der Waals surface area contributed by atoms with Crippen LogP contribution in [0, 0.1) is 6.92 Å². The lowest BCUT2D eigenvalue weighted by atomic mass is 9.68. The van der Waals surface area contributed by atoms with Crippen LogP contribution in [0.5, 0.6) is 0 Å². The molecule has 1 aromatic rings. The first-order valence-electron chi connectivity index (χ1n) is 9.39. The maximum absolute atomic E-state index is 12.4. The first-order valence-corrected chi connectivity index (χ1v) is 10.2. The summed E-state index contributed by atoms with van der Waals surface area (Å²) in [5.74, 6) is -0.00997. The van der Waals surface area contributed by atoms with E-state index in [9.17, 15) is 9.90 Å². The van der Waals surface area contributed by atoms with Gasteiger partial charge >= 0.3 is 0 Å². The van der Waals surface area contributed by atoms with Gasteiger partial charge in [-0.15, -0.1) is 11.3 Å². The molecule has 2 aliphatic heterocycles. The fraction of sp³-hybridized carbons (Fsp3) is 0.737. The minimum Gasteiger partial charge on any atom is -0.381 e. The zero-order chi connectivity index (χ0) is 16.7. The van der Waals surface area contributed by atoms with Crippen LogP contribution in [0.1, 0.15) is 54.7 Å². The van der Waals surface area contributed by atoms with E-state index in [1.165, 1.54) is 16.2 Å². The van der Waals surface area contributed by atoms with Gasteiger partial charge in [0.2, 0.25) is 0 Å². The smallest absolute Gasteiger partial charge is 0.254 e. The van der Waals surface area contributed by atoms with Crippen molar-refractivity contribution in [2.75, 3.05) is 13.1 Å². The van der Waals surface area contributed by atoms with Gasteiger partial charge in [-0.3, -0.25) is 9.69 Å². The lowest BCUT2D eigenvalue weighted by Gasteiger charge is -2.61. The Kier molecular flexibility index (Phi) is 4.43. The predicted molar refractivity (Wildman–Crippen MR) is 96.0 cm³/mol. The molecule has 1 N–H and O–H groups in total. The van der Waals surface area contributed by atoms with Crippen LogP contribution in [-0.2, 0) is 11.3 Å². The van der Waals surface area contributed by atoms with Crippen molar-refractivity contribution in [3.63, 3.8) is 0 Å². The molecule has 5 heteroatoms. The van der Waals surface area contributed by atoms with E-state index in [4.69, 9.17) is 0 Å². The Balaban J connectivity index is 1.37. The molecule has 1 spiro atoms. The van der Waals surface area contributed by atoms with Crippen molar-refractivity contribution < 1.29 is 9.90 Å². The Bertz CT molecular complexity index is 600. The molecule has 3 heterocycles. The molecular weight excluding hydrogens is 320 g/mol. The summed E-state index contributed by atoms with van der Waals surface area (Å²) in [4.78, 5) is 19.8. The van der Waals surface area contributed by atoms with Gasteiger partial charge in [-0.1, -0.05) is 19.3 Å². The topological polar surface area (TPSA) is 43.8 Å². The van der Waals surface area contributed by atoms with E-state index in [0.29, 0.717) is 6.04 Å². The average Bonchev–Trinajstić information content (AvgIpc) is 3.02. The van der Waals surface area contributed by atoms with Gasteiger partial charge in [0.1, 0.15) is 0 Å². The van der Waals surface area contributed by atoms with E-state index in [1.807, 2.05) is 11.3 Å². The van der Waals surface area contributed by atoms with Crippen LogP contribution in [0.15, 0.2) is 12.1 Å². The standard InChI is InChI=1S/C19H28N2O2S/c1-14-5-6-16(24-14)13-20-11-7-15(8-12-20)21-18(23)17(22)19(21)9-3-2-4-10-19/h5-6,15,17,22H,2-4,7-13H2,1H3. The van der Waals surface area contributed by atoms with Crippen molar-refractivity contribution in [2.24, 2.45) is 0 Å². The third kappa shape index (κ3) is 2.71. The summed E-state index contributed by atoms with van der Waals surface area (Å²) < 4.78 is 0. The Morgan fingerprint density at radius 2 is 1.92 bits per heavy atom. The van der Waals surface area contributed by atoms with Gasteiger partial charge < -0.3 is 10.0 Å². The molecule has 0 radical (unpaired) electrons. The zero-order valence-corrected chi connectivity index (χ0v) is 15.4. The van der Waals surface area contributed by atoms with Crippen LogP contribution in [0.4, 0.5) is 0 Å². The second kappa shape index (κ2) is 6.43. The molecule has 0 aromatic carbocycles. The highest BCUT2D eigenvalue weighted by atomic mass is 32.1. The summed E-state index contributed by atoms with van der Waals surface area (Å²) >= 11 is 1.88. The SMILES string of the molecule is Cc1ccc(CN2CCC(N3C(=O)C(O)C34CCCCC4)CC2)s1. The van der Waals surface area contributed by atoms with Gasteiger partial charge in [0.15, 0.2) is 6.10 Å². The van der Waals surface area contributed by atoms with Crippen molar-refractivity contribution >= 4 is 17.2 Å². The van der Waals surface area contributed by atoms with E-state index in [0.717, 1.165) is 58.2 Å². The molecule has 4 nitrogen and oxygen atoms in total. The van der Waals surface area contributed by atoms with Crippen LogP contribution in [0.3, 0.4) is 0 Å². The number of hydrogen-bond acceptors (Lipinski definition) is 4. The summed E-state index contributed by atoms with van der Waals surface area (Å²) in [5.41, 5.74) is -0.215. The first kappa shape index (κ1) is 16.6. The fourth-order valence-corrected chi connectivity index (χ4v) is 5.93. The second-order valence-electron chi connectivity index (χ2n) is 7.79. The Morgan fingerprint density at radius 3 is 2.54 bits per heavy atom. The monoisotopic (exact) mass is 348 g/mol.